The van der Waals surface area contributed by atoms with Gasteiger partial charge in [0.2, 0.25) is 0 Å². The van der Waals surface area contributed by atoms with E-state index in [1.54, 1.807) is 0 Å². The third kappa shape index (κ3) is 2.64. The van der Waals surface area contributed by atoms with Crippen molar-refractivity contribution < 1.29 is 4.74 Å². The number of alkyl halides is 1. The summed E-state index contributed by atoms with van der Waals surface area (Å²) in [6, 6.07) is 0. The molecule has 14 heavy (non-hydrogen) atoms. The summed E-state index contributed by atoms with van der Waals surface area (Å²) in [7, 11) is 0. The number of ether oxygens (including phenoxy) is 1. The second kappa shape index (κ2) is 5.37. The topological polar surface area (TPSA) is 9.23 Å². The maximum absolute atomic E-state index is 6.48. The van der Waals surface area contributed by atoms with E-state index in [1.165, 1.54) is 44.9 Å². The Morgan fingerprint density at radius 3 is 2.36 bits per heavy atom. The Hall–Kier alpha value is 0.250. The summed E-state index contributed by atoms with van der Waals surface area (Å²) in [5.74, 6) is 1.63. The van der Waals surface area contributed by atoms with Gasteiger partial charge in [0.25, 0.3) is 0 Å². The second-order valence-corrected chi connectivity index (χ2v) is 5.33. The van der Waals surface area contributed by atoms with E-state index >= 15 is 0 Å². The highest BCUT2D eigenvalue weighted by Crippen LogP contribution is 2.37. The van der Waals surface area contributed by atoms with Crippen LogP contribution < -0.4 is 0 Å². The third-order valence-electron chi connectivity index (χ3n) is 3.85. The summed E-state index contributed by atoms with van der Waals surface area (Å²) in [6.07, 6.45) is 9.21. The normalized spacial score (nSPS) is 36.6. The molecule has 2 heteroatoms. The first-order valence-electron chi connectivity index (χ1n) is 6.10. The van der Waals surface area contributed by atoms with Crippen molar-refractivity contribution in [3.63, 3.8) is 0 Å². The van der Waals surface area contributed by atoms with E-state index in [9.17, 15) is 0 Å². The van der Waals surface area contributed by atoms with Crippen LogP contribution in [0.1, 0.15) is 44.9 Å². The number of halogens is 1. The molecule has 0 aromatic carbocycles. The lowest BCUT2D eigenvalue weighted by Crippen LogP contribution is -2.28. The molecule has 0 bridgehead atoms. The molecular weight excluding hydrogens is 196 g/mol. The average molecular weight is 217 g/mol. The lowest BCUT2D eigenvalue weighted by molar-refractivity contribution is 0.0444. The quantitative estimate of drug-likeness (QED) is 0.481. The van der Waals surface area contributed by atoms with Crippen molar-refractivity contribution in [2.45, 2.75) is 50.3 Å². The molecule has 1 saturated heterocycles. The van der Waals surface area contributed by atoms with Gasteiger partial charge in [0.05, 0.1) is 0 Å². The van der Waals surface area contributed by atoms with Gasteiger partial charge < -0.3 is 4.74 Å². The Bertz CT molecular complexity index is 166. The van der Waals surface area contributed by atoms with Crippen LogP contribution in [0.2, 0.25) is 0 Å². The maximum Gasteiger partial charge on any atom is 0.0468 e. The molecule has 0 radical (unpaired) electrons. The van der Waals surface area contributed by atoms with Crippen LogP contribution in [0.5, 0.6) is 0 Å². The molecule has 0 spiro atoms. The summed E-state index contributed by atoms with van der Waals surface area (Å²) in [5.41, 5.74) is 0. The number of rotatable bonds is 1. The van der Waals surface area contributed by atoms with Gasteiger partial charge in [0.1, 0.15) is 0 Å². The summed E-state index contributed by atoms with van der Waals surface area (Å²) in [4.78, 5) is 0. The zero-order valence-corrected chi connectivity index (χ0v) is 9.64. The molecule has 2 aliphatic rings. The first-order valence-corrected chi connectivity index (χ1v) is 6.53. The molecule has 82 valence electrons. The molecular formula is C12H21ClO. The summed E-state index contributed by atoms with van der Waals surface area (Å²) in [5, 5.41) is 0.445. The highest BCUT2D eigenvalue weighted by molar-refractivity contribution is 6.20. The van der Waals surface area contributed by atoms with Crippen LogP contribution in [0, 0.1) is 11.8 Å². The average Bonchev–Trinajstić information content (AvgIpc) is 2.44. The molecule has 2 rings (SSSR count). The van der Waals surface area contributed by atoms with Gasteiger partial charge in [-0.15, -0.1) is 11.6 Å². The minimum Gasteiger partial charge on any atom is -0.381 e. The molecule has 0 amide bonds. The fraction of sp³-hybridized carbons (Fsp3) is 1.00. The van der Waals surface area contributed by atoms with Crippen molar-refractivity contribution in [1.29, 1.82) is 0 Å². The molecule has 2 unspecified atom stereocenters. The molecule has 0 aromatic heterocycles. The van der Waals surface area contributed by atoms with Crippen LogP contribution >= 0.6 is 11.6 Å². The lowest BCUT2D eigenvalue weighted by atomic mass is 9.81. The van der Waals surface area contributed by atoms with E-state index in [2.05, 4.69) is 0 Å². The van der Waals surface area contributed by atoms with Crippen LogP contribution in [-0.2, 0) is 4.74 Å². The van der Waals surface area contributed by atoms with Crippen LogP contribution in [0.15, 0.2) is 0 Å². The summed E-state index contributed by atoms with van der Waals surface area (Å²) < 4.78 is 5.41. The minimum absolute atomic E-state index is 0.445. The van der Waals surface area contributed by atoms with Crippen LogP contribution in [0.25, 0.3) is 0 Å². The molecule has 1 heterocycles. The van der Waals surface area contributed by atoms with E-state index in [-0.39, 0.29) is 0 Å². The van der Waals surface area contributed by atoms with Crippen molar-refractivity contribution in [2.24, 2.45) is 11.8 Å². The molecule has 2 atom stereocenters. The largest absolute Gasteiger partial charge is 0.381 e. The van der Waals surface area contributed by atoms with Crippen LogP contribution in [-0.4, -0.2) is 18.6 Å². The number of hydrogen-bond donors (Lipinski definition) is 0. The summed E-state index contributed by atoms with van der Waals surface area (Å²) in [6.45, 7) is 1.93. The Balaban J connectivity index is 1.91. The van der Waals surface area contributed by atoms with Gasteiger partial charge in [0, 0.05) is 18.6 Å². The maximum atomic E-state index is 6.48. The zero-order chi connectivity index (χ0) is 9.80. The van der Waals surface area contributed by atoms with Gasteiger partial charge in [-0.25, -0.2) is 0 Å². The van der Waals surface area contributed by atoms with Crippen molar-refractivity contribution in [3.05, 3.63) is 0 Å². The summed E-state index contributed by atoms with van der Waals surface area (Å²) >= 11 is 6.48. The zero-order valence-electron chi connectivity index (χ0n) is 8.88. The van der Waals surface area contributed by atoms with Gasteiger partial charge in [-0.2, -0.15) is 0 Å². The van der Waals surface area contributed by atoms with E-state index in [1.807, 2.05) is 0 Å². The standard InChI is InChI=1S/C12H21ClO/c13-12-5-3-1-2-4-11(12)10-6-8-14-9-7-10/h10-12H,1-9H2. The third-order valence-corrected chi connectivity index (χ3v) is 4.40. The van der Waals surface area contributed by atoms with E-state index in [0.29, 0.717) is 5.38 Å². The van der Waals surface area contributed by atoms with E-state index < -0.39 is 0 Å². The second-order valence-electron chi connectivity index (χ2n) is 4.77. The highest BCUT2D eigenvalue weighted by Gasteiger charge is 2.30. The fourth-order valence-corrected chi connectivity index (χ4v) is 3.45. The molecule has 0 aromatic rings. The minimum atomic E-state index is 0.445. The molecule has 1 aliphatic carbocycles. The SMILES string of the molecule is ClC1CCCCCC1C1CCOCC1. The lowest BCUT2D eigenvalue weighted by Gasteiger charge is -2.32. The van der Waals surface area contributed by atoms with Gasteiger partial charge >= 0.3 is 0 Å². The Labute approximate surface area is 92.2 Å². The van der Waals surface area contributed by atoms with Crippen molar-refractivity contribution in [2.75, 3.05) is 13.2 Å². The van der Waals surface area contributed by atoms with Gasteiger partial charge in [-0.1, -0.05) is 19.3 Å². The Kier molecular flexibility index (Phi) is 4.12. The van der Waals surface area contributed by atoms with Gasteiger partial charge in [0.15, 0.2) is 0 Å². The predicted molar refractivity (Wildman–Crippen MR) is 59.8 cm³/mol. The molecule has 1 aliphatic heterocycles. The van der Waals surface area contributed by atoms with Gasteiger partial charge in [-0.05, 0) is 37.5 Å². The smallest absolute Gasteiger partial charge is 0.0468 e. The van der Waals surface area contributed by atoms with E-state index in [4.69, 9.17) is 16.3 Å². The monoisotopic (exact) mass is 216 g/mol. The van der Waals surface area contributed by atoms with Crippen LogP contribution in [0.3, 0.4) is 0 Å². The molecule has 0 N–H and O–H groups in total. The first kappa shape index (κ1) is 10.8. The Morgan fingerprint density at radius 1 is 0.857 bits per heavy atom. The van der Waals surface area contributed by atoms with E-state index in [0.717, 1.165) is 25.0 Å². The predicted octanol–water partition coefficient (Wildman–Crippen LogP) is 3.60. The Morgan fingerprint density at radius 2 is 1.57 bits per heavy atom. The number of hydrogen-bond acceptors (Lipinski definition) is 1. The fourth-order valence-electron chi connectivity index (χ4n) is 2.97. The van der Waals surface area contributed by atoms with Crippen LogP contribution in [0.4, 0.5) is 0 Å². The first-order chi connectivity index (χ1) is 6.88. The van der Waals surface area contributed by atoms with Crippen molar-refractivity contribution >= 4 is 11.6 Å². The van der Waals surface area contributed by atoms with Crippen molar-refractivity contribution in [3.8, 4) is 0 Å². The highest BCUT2D eigenvalue weighted by atomic mass is 35.5. The van der Waals surface area contributed by atoms with Gasteiger partial charge in [-0.3, -0.25) is 0 Å². The van der Waals surface area contributed by atoms with Crippen molar-refractivity contribution in [1.82, 2.24) is 0 Å². The molecule has 1 saturated carbocycles. The molecule has 2 fully saturated rings. The molecule has 1 nitrogen and oxygen atoms in total.